The first-order chi connectivity index (χ1) is 12.3. The largest absolute Gasteiger partial charge is 0.466 e. The molecule has 0 bridgehead atoms. The Labute approximate surface area is 145 Å². The Morgan fingerprint density at radius 1 is 1.12 bits per heavy atom. The second kappa shape index (κ2) is 8.28. The van der Waals surface area contributed by atoms with Gasteiger partial charge in [0.2, 0.25) is 0 Å². The van der Waals surface area contributed by atoms with E-state index in [1.807, 2.05) is 60.7 Å². The van der Waals surface area contributed by atoms with Gasteiger partial charge in [-0.3, -0.25) is 4.84 Å². The number of esters is 1. The summed E-state index contributed by atoms with van der Waals surface area (Å²) in [6, 6.07) is 19.3. The maximum atomic E-state index is 12.0. The number of carbonyl (C=O) groups is 1. The number of nitrogens with one attached hydrogen (secondary N) is 1. The summed E-state index contributed by atoms with van der Waals surface area (Å²) in [6.07, 6.45) is 1.66. The molecule has 3 aromatic rings. The van der Waals surface area contributed by atoms with Crippen LogP contribution in [-0.4, -0.2) is 19.6 Å². The first-order valence-corrected chi connectivity index (χ1v) is 7.92. The van der Waals surface area contributed by atoms with E-state index < -0.39 is 5.97 Å². The van der Waals surface area contributed by atoms with Crippen LogP contribution in [-0.2, 0) is 21.0 Å². The van der Waals surface area contributed by atoms with E-state index in [1.54, 1.807) is 6.08 Å². The molecule has 128 valence electrons. The van der Waals surface area contributed by atoms with E-state index in [-0.39, 0.29) is 6.54 Å². The number of carbonyl (C=O) groups excluding carboxylic acids is 1. The minimum atomic E-state index is -0.434. The lowest BCUT2D eigenvalue weighted by molar-refractivity contribution is -0.136. The first-order valence-electron chi connectivity index (χ1n) is 7.92. The molecule has 5 heteroatoms. The maximum Gasteiger partial charge on any atom is 0.335 e. The highest BCUT2D eigenvalue weighted by Crippen LogP contribution is 2.21. The fourth-order valence-electron chi connectivity index (χ4n) is 2.40. The molecule has 5 nitrogen and oxygen atoms in total. The van der Waals surface area contributed by atoms with Crippen LogP contribution in [0, 0.1) is 0 Å². The normalized spacial score (nSPS) is 11.6. The highest BCUT2D eigenvalue weighted by molar-refractivity contribution is 5.94. The molecule has 0 saturated heterocycles. The number of fused-ring (bicyclic) bond motifs is 1. The molecular formula is C20H19NO4. The van der Waals surface area contributed by atoms with Crippen LogP contribution in [0.15, 0.2) is 70.7 Å². The number of hydroxylamine groups is 1. The Bertz CT molecular complexity index is 835. The average Bonchev–Trinajstić information content (AvgIpc) is 3.07. The van der Waals surface area contributed by atoms with Gasteiger partial charge in [-0.1, -0.05) is 48.5 Å². The van der Waals surface area contributed by atoms with Gasteiger partial charge in [0.15, 0.2) is 0 Å². The van der Waals surface area contributed by atoms with Gasteiger partial charge in [-0.05, 0) is 23.8 Å². The van der Waals surface area contributed by atoms with Crippen molar-refractivity contribution in [1.82, 2.24) is 5.48 Å². The lowest BCUT2D eigenvalue weighted by Gasteiger charge is -2.08. The van der Waals surface area contributed by atoms with Crippen LogP contribution < -0.4 is 5.48 Å². The summed E-state index contributed by atoms with van der Waals surface area (Å²) < 4.78 is 10.5. The van der Waals surface area contributed by atoms with Gasteiger partial charge >= 0.3 is 5.97 Å². The Morgan fingerprint density at radius 2 is 1.88 bits per heavy atom. The molecule has 0 atom stereocenters. The Hall–Kier alpha value is -2.89. The summed E-state index contributed by atoms with van der Waals surface area (Å²) in [6.45, 7) is 0.608. The fourth-order valence-corrected chi connectivity index (χ4v) is 2.40. The van der Waals surface area contributed by atoms with Crippen molar-refractivity contribution in [3.8, 4) is 0 Å². The lowest BCUT2D eigenvalue weighted by Crippen LogP contribution is -2.22. The number of benzene rings is 2. The standard InChI is InChI=1S/C20H19NO4/c1-23-20(22)17(13-21-24-14-15-7-3-2-4-8-15)12-18-11-16-9-5-6-10-19(16)25-18/h2-12,21H,13-14H2,1H3/b17-12-. The second-order valence-electron chi connectivity index (χ2n) is 5.44. The van der Waals surface area contributed by atoms with Crippen LogP contribution in [0.2, 0.25) is 0 Å². The van der Waals surface area contributed by atoms with Crippen molar-refractivity contribution in [2.45, 2.75) is 6.61 Å². The predicted molar refractivity (Wildman–Crippen MR) is 95.4 cm³/mol. The molecule has 3 rings (SSSR count). The van der Waals surface area contributed by atoms with Crippen LogP contribution in [0.5, 0.6) is 0 Å². The summed E-state index contributed by atoms with van der Waals surface area (Å²) in [5.74, 6) is 0.155. The number of methoxy groups -OCH3 is 1. The summed E-state index contributed by atoms with van der Waals surface area (Å²) >= 11 is 0. The third-order valence-corrected chi connectivity index (χ3v) is 3.65. The fraction of sp³-hybridized carbons (Fsp3) is 0.150. The number of rotatable bonds is 7. The number of hydrogen-bond donors (Lipinski definition) is 1. The highest BCUT2D eigenvalue weighted by atomic mass is 16.6. The quantitative estimate of drug-likeness (QED) is 0.308. The SMILES string of the molecule is COC(=O)/C(=C\c1cc2ccccc2o1)CNOCc1ccccc1. The van der Waals surface area contributed by atoms with Crippen molar-refractivity contribution in [2.75, 3.05) is 13.7 Å². The Morgan fingerprint density at radius 3 is 2.64 bits per heavy atom. The van der Waals surface area contributed by atoms with Crippen molar-refractivity contribution in [2.24, 2.45) is 0 Å². The molecule has 1 aromatic heterocycles. The number of ether oxygens (including phenoxy) is 1. The third-order valence-electron chi connectivity index (χ3n) is 3.65. The Kier molecular flexibility index (Phi) is 5.61. The van der Waals surface area contributed by atoms with Gasteiger partial charge in [0, 0.05) is 5.39 Å². The van der Waals surface area contributed by atoms with Crippen molar-refractivity contribution in [3.63, 3.8) is 0 Å². The molecule has 0 aliphatic carbocycles. The van der Waals surface area contributed by atoms with E-state index >= 15 is 0 Å². The van der Waals surface area contributed by atoms with Gasteiger partial charge in [-0.2, -0.15) is 5.48 Å². The topological polar surface area (TPSA) is 60.7 Å². The molecule has 0 aliphatic rings. The minimum absolute atomic E-state index is 0.205. The van der Waals surface area contributed by atoms with E-state index in [9.17, 15) is 4.79 Å². The molecule has 0 spiro atoms. The first kappa shape index (κ1) is 17.0. The summed E-state index contributed by atoms with van der Waals surface area (Å²) in [5, 5.41) is 0.978. The molecule has 0 radical (unpaired) electrons. The highest BCUT2D eigenvalue weighted by Gasteiger charge is 2.11. The lowest BCUT2D eigenvalue weighted by atomic mass is 10.2. The third kappa shape index (κ3) is 4.56. The van der Waals surface area contributed by atoms with E-state index in [0.717, 1.165) is 16.5 Å². The van der Waals surface area contributed by atoms with Gasteiger partial charge in [0.1, 0.15) is 11.3 Å². The number of hydrogen-bond acceptors (Lipinski definition) is 5. The zero-order chi connectivity index (χ0) is 17.5. The van der Waals surface area contributed by atoms with Crippen LogP contribution in [0.4, 0.5) is 0 Å². The summed E-state index contributed by atoms with van der Waals surface area (Å²) in [5.41, 5.74) is 5.01. The molecule has 0 amide bonds. The van der Waals surface area contributed by atoms with E-state index in [1.165, 1.54) is 7.11 Å². The van der Waals surface area contributed by atoms with Crippen molar-refractivity contribution < 1.29 is 18.8 Å². The average molecular weight is 337 g/mol. The van der Waals surface area contributed by atoms with Crippen LogP contribution in [0.25, 0.3) is 17.0 Å². The molecule has 0 saturated carbocycles. The van der Waals surface area contributed by atoms with Crippen molar-refractivity contribution in [3.05, 3.63) is 77.6 Å². The molecule has 0 unspecified atom stereocenters. The summed E-state index contributed by atoms with van der Waals surface area (Å²) in [4.78, 5) is 17.4. The van der Waals surface area contributed by atoms with E-state index in [4.69, 9.17) is 14.0 Å². The molecule has 0 fully saturated rings. The van der Waals surface area contributed by atoms with Gasteiger partial charge in [-0.25, -0.2) is 4.79 Å². The van der Waals surface area contributed by atoms with Crippen LogP contribution in [0.1, 0.15) is 11.3 Å². The second-order valence-corrected chi connectivity index (χ2v) is 5.44. The monoisotopic (exact) mass is 337 g/mol. The predicted octanol–water partition coefficient (Wildman–Crippen LogP) is 3.71. The molecule has 25 heavy (non-hydrogen) atoms. The summed E-state index contributed by atoms with van der Waals surface area (Å²) in [7, 11) is 1.35. The van der Waals surface area contributed by atoms with Crippen molar-refractivity contribution >= 4 is 23.0 Å². The van der Waals surface area contributed by atoms with Gasteiger partial charge < -0.3 is 9.15 Å². The minimum Gasteiger partial charge on any atom is -0.466 e. The zero-order valence-electron chi connectivity index (χ0n) is 13.9. The van der Waals surface area contributed by atoms with Gasteiger partial charge in [0.05, 0.1) is 25.8 Å². The number of furan rings is 1. The van der Waals surface area contributed by atoms with Crippen molar-refractivity contribution in [1.29, 1.82) is 0 Å². The Balaban J connectivity index is 1.65. The molecule has 1 N–H and O–H groups in total. The van der Waals surface area contributed by atoms with Crippen LogP contribution >= 0.6 is 0 Å². The molecular weight excluding hydrogens is 318 g/mol. The smallest absolute Gasteiger partial charge is 0.335 e. The molecule has 2 aromatic carbocycles. The number of para-hydroxylation sites is 1. The zero-order valence-corrected chi connectivity index (χ0v) is 13.9. The molecule has 1 heterocycles. The molecule has 0 aliphatic heterocycles. The van der Waals surface area contributed by atoms with Gasteiger partial charge in [-0.15, -0.1) is 0 Å². The van der Waals surface area contributed by atoms with E-state index in [2.05, 4.69) is 5.48 Å². The van der Waals surface area contributed by atoms with E-state index in [0.29, 0.717) is 17.9 Å². The maximum absolute atomic E-state index is 12.0. The van der Waals surface area contributed by atoms with Gasteiger partial charge in [0.25, 0.3) is 0 Å². The van der Waals surface area contributed by atoms with Crippen LogP contribution in [0.3, 0.4) is 0 Å².